The van der Waals surface area contributed by atoms with Crippen LogP contribution >= 0.6 is 23.2 Å². The summed E-state index contributed by atoms with van der Waals surface area (Å²) in [6.45, 7) is 0.0488. The molecular formula is C13H10Cl2FNO. The number of ether oxygens (including phenoxy) is 1. The topological polar surface area (TPSA) is 35.2 Å². The van der Waals surface area contributed by atoms with Gasteiger partial charge in [-0.3, -0.25) is 0 Å². The van der Waals surface area contributed by atoms with Gasteiger partial charge in [0.25, 0.3) is 0 Å². The van der Waals surface area contributed by atoms with Crippen molar-refractivity contribution in [1.82, 2.24) is 0 Å². The van der Waals surface area contributed by atoms with Gasteiger partial charge in [0.15, 0.2) is 0 Å². The zero-order valence-electron chi connectivity index (χ0n) is 9.29. The Kier molecular flexibility index (Phi) is 4.07. The Bertz CT molecular complexity index is 575. The van der Waals surface area contributed by atoms with Gasteiger partial charge in [0, 0.05) is 17.1 Å². The highest BCUT2D eigenvalue weighted by molar-refractivity contribution is 6.35. The van der Waals surface area contributed by atoms with Gasteiger partial charge in [-0.2, -0.15) is 0 Å². The molecule has 2 aromatic rings. The molecule has 0 aliphatic rings. The Hall–Kier alpha value is -1.29. The van der Waals surface area contributed by atoms with E-state index in [4.69, 9.17) is 33.7 Å². The van der Waals surface area contributed by atoms with E-state index in [-0.39, 0.29) is 6.54 Å². The molecule has 18 heavy (non-hydrogen) atoms. The summed E-state index contributed by atoms with van der Waals surface area (Å²) < 4.78 is 19.1. The lowest BCUT2D eigenvalue weighted by atomic mass is 10.2. The summed E-state index contributed by atoms with van der Waals surface area (Å²) in [5.74, 6) is 0.350. The van der Waals surface area contributed by atoms with Crippen LogP contribution in [0.4, 0.5) is 4.39 Å². The molecule has 0 fully saturated rings. The van der Waals surface area contributed by atoms with Crippen molar-refractivity contribution in [3.63, 3.8) is 0 Å². The minimum absolute atomic E-state index is 0.0488. The number of hydrogen-bond acceptors (Lipinski definition) is 2. The fourth-order valence-corrected chi connectivity index (χ4v) is 1.96. The maximum Gasteiger partial charge on any atom is 0.146 e. The molecule has 0 saturated carbocycles. The van der Waals surface area contributed by atoms with Crippen LogP contribution in [0, 0.1) is 5.82 Å². The molecule has 94 valence electrons. The standard InChI is InChI=1S/C13H10Cl2FNO/c14-8-4-5-13(10(15)6-8)18-12-3-1-2-11(16)9(12)7-17/h1-6H,7,17H2. The molecule has 2 rings (SSSR count). The monoisotopic (exact) mass is 285 g/mol. The molecule has 0 bridgehead atoms. The number of halogens is 3. The molecule has 0 saturated heterocycles. The van der Waals surface area contributed by atoms with Gasteiger partial charge in [-0.15, -0.1) is 0 Å². The Morgan fingerprint density at radius 3 is 2.56 bits per heavy atom. The first-order valence-electron chi connectivity index (χ1n) is 5.22. The van der Waals surface area contributed by atoms with Gasteiger partial charge in [0.2, 0.25) is 0 Å². The van der Waals surface area contributed by atoms with Crippen molar-refractivity contribution in [1.29, 1.82) is 0 Å². The molecule has 0 spiro atoms. The summed E-state index contributed by atoms with van der Waals surface area (Å²) in [5.41, 5.74) is 5.80. The van der Waals surface area contributed by atoms with Crippen molar-refractivity contribution in [2.45, 2.75) is 6.54 Å². The van der Waals surface area contributed by atoms with Crippen molar-refractivity contribution >= 4 is 23.2 Å². The first kappa shape index (κ1) is 13.1. The minimum Gasteiger partial charge on any atom is -0.455 e. The molecule has 0 unspecified atom stereocenters. The molecule has 0 amide bonds. The second kappa shape index (κ2) is 5.57. The van der Waals surface area contributed by atoms with E-state index in [2.05, 4.69) is 0 Å². The Labute approximate surface area is 114 Å². The lowest BCUT2D eigenvalue weighted by molar-refractivity contribution is 0.467. The number of rotatable bonds is 3. The molecule has 0 aromatic heterocycles. The van der Waals surface area contributed by atoms with Crippen molar-refractivity contribution in [3.05, 3.63) is 57.8 Å². The number of hydrogen-bond donors (Lipinski definition) is 1. The van der Waals surface area contributed by atoms with E-state index in [0.717, 1.165) is 0 Å². The van der Waals surface area contributed by atoms with E-state index in [0.29, 0.717) is 27.1 Å². The normalized spacial score (nSPS) is 10.4. The predicted octanol–water partition coefficient (Wildman–Crippen LogP) is 4.38. The fourth-order valence-electron chi connectivity index (χ4n) is 1.51. The van der Waals surface area contributed by atoms with E-state index >= 15 is 0 Å². The van der Waals surface area contributed by atoms with Crippen LogP contribution in [0.15, 0.2) is 36.4 Å². The highest BCUT2D eigenvalue weighted by atomic mass is 35.5. The van der Waals surface area contributed by atoms with E-state index in [1.54, 1.807) is 30.3 Å². The van der Waals surface area contributed by atoms with Crippen molar-refractivity contribution in [2.75, 3.05) is 0 Å². The van der Waals surface area contributed by atoms with Gasteiger partial charge in [-0.25, -0.2) is 4.39 Å². The van der Waals surface area contributed by atoms with Crippen LogP contribution in [0.2, 0.25) is 10.0 Å². The zero-order valence-corrected chi connectivity index (χ0v) is 10.8. The number of benzene rings is 2. The second-order valence-electron chi connectivity index (χ2n) is 3.60. The third kappa shape index (κ3) is 2.75. The van der Waals surface area contributed by atoms with Gasteiger partial charge in [-0.05, 0) is 30.3 Å². The van der Waals surface area contributed by atoms with Crippen LogP contribution in [0.3, 0.4) is 0 Å². The molecule has 0 radical (unpaired) electrons. The molecule has 2 N–H and O–H groups in total. The molecule has 0 aliphatic heterocycles. The SMILES string of the molecule is NCc1c(F)cccc1Oc1ccc(Cl)cc1Cl. The highest BCUT2D eigenvalue weighted by Crippen LogP contribution is 2.33. The predicted molar refractivity (Wildman–Crippen MR) is 70.8 cm³/mol. The molecule has 5 heteroatoms. The van der Waals surface area contributed by atoms with E-state index in [9.17, 15) is 4.39 Å². The van der Waals surface area contributed by atoms with Crippen LogP contribution in [-0.4, -0.2) is 0 Å². The third-order valence-corrected chi connectivity index (χ3v) is 2.92. The molecule has 2 nitrogen and oxygen atoms in total. The summed E-state index contributed by atoms with van der Waals surface area (Å²) in [6.07, 6.45) is 0. The smallest absolute Gasteiger partial charge is 0.146 e. The van der Waals surface area contributed by atoms with E-state index in [1.165, 1.54) is 6.07 Å². The van der Waals surface area contributed by atoms with Gasteiger partial charge in [0.1, 0.15) is 17.3 Å². The highest BCUT2D eigenvalue weighted by Gasteiger charge is 2.10. The molecule has 2 aromatic carbocycles. The first-order chi connectivity index (χ1) is 8.61. The summed E-state index contributed by atoms with van der Waals surface area (Å²) in [6, 6.07) is 9.34. The summed E-state index contributed by atoms with van der Waals surface area (Å²) >= 11 is 11.8. The van der Waals surface area contributed by atoms with Crippen LogP contribution in [0.5, 0.6) is 11.5 Å². The molecular weight excluding hydrogens is 276 g/mol. The van der Waals surface area contributed by atoms with Gasteiger partial charge in [-0.1, -0.05) is 29.3 Å². The van der Waals surface area contributed by atoms with Gasteiger partial charge in [0.05, 0.1) is 5.02 Å². The average Bonchev–Trinajstić information content (AvgIpc) is 2.33. The lowest BCUT2D eigenvalue weighted by Gasteiger charge is -2.11. The fraction of sp³-hybridized carbons (Fsp3) is 0.0769. The van der Waals surface area contributed by atoms with Crippen LogP contribution in [0.1, 0.15) is 5.56 Å². The summed E-state index contributed by atoms with van der Waals surface area (Å²) in [7, 11) is 0. The van der Waals surface area contributed by atoms with Crippen LogP contribution in [-0.2, 0) is 6.54 Å². The quantitative estimate of drug-likeness (QED) is 0.908. The van der Waals surface area contributed by atoms with Crippen LogP contribution in [0.25, 0.3) is 0 Å². The zero-order chi connectivity index (χ0) is 13.1. The average molecular weight is 286 g/mol. The largest absolute Gasteiger partial charge is 0.455 e. The lowest BCUT2D eigenvalue weighted by Crippen LogP contribution is -2.02. The van der Waals surface area contributed by atoms with Crippen LogP contribution < -0.4 is 10.5 Å². The van der Waals surface area contributed by atoms with Crippen molar-refractivity contribution in [3.8, 4) is 11.5 Å². The van der Waals surface area contributed by atoms with Gasteiger partial charge < -0.3 is 10.5 Å². The Balaban J connectivity index is 2.37. The summed E-state index contributed by atoms with van der Waals surface area (Å²) in [5, 5.41) is 0.861. The van der Waals surface area contributed by atoms with Crippen molar-refractivity contribution in [2.24, 2.45) is 5.73 Å². The van der Waals surface area contributed by atoms with E-state index < -0.39 is 5.82 Å². The third-order valence-electron chi connectivity index (χ3n) is 2.39. The minimum atomic E-state index is -0.403. The number of nitrogens with two attached hydrogens (primary N) is 1. The Morgan fingerprint density at radius 1 is 1.11 bits per heavy atom. The first-order valence-corrected chi connectivity index (χ1v) is 5.97. The van der Waals surface area contributed by atoms with Gasteiger partial charge >= 0.3 is 0 Å². The van der Waals surface area contributed by atoms with Crippen molar-refractivity contribution < 1.29 is 9.13 Å². The maximum atomic E-state index is 13.5. The molecule has 0 atom stereocenters. The molecule has 0 heterocycles. The summed E-state index contributed by atoms with van der Waals surface area (Å²) in [4.78, 5) is 0. The molecule has 0 aliphatic carbocycles. The second-order valence-corrected chi connectivity index (χ2v) is 4.44. The maximum absolute atomic E-state index is 13.5. The Morgan fingerprint density at radius 2 is 1.89 bits per heavy atom. The van der Waals surface area contributed by atoms with E-state index in [1.807, 2.05) is 0 Å².